The minimum atomic E-state index is -3.34. The van der Waals surface area contributed by atoms with E-state index < -0.39 is 10.0 Å². The van der Waals surface area contributed by atoms with Gasteiger partial charge in [0.2, 0.25) is 15.9 Å². The van der Waals surface area contributed by atoms with Gasteiger partial charge >= 0.3 is 0 Å². The van der Waals surface area contributed by atoms with Crippen LogP contribution in [0.2, 0.25) is 0 Å². The van der Waals surface area contributed by atoms with Gasteiger partial charge < -0.3 is 14.4 Å². The lowest BCUT2D eigenvalue weighted by molar-refractivity contribution is -0.138. The van der Waals surface area contributed by atoms with Gasteiger partial charge in [-0.2, -0.15) is 5.10 Å². The minimum Gasteiger partial charge on any atom is -0.381 e. The van der Waals surface area contributed by atoms with Crippen LogP contribution in [-0.4, -0.2) is 80.3 Å². The van der Waals surface area contributed by atoms with Gasteiger partial charge in [-0.3, -0.25) is 9.48 Å². The number of fused-ring (bicyclic) bond motifs is 1. The molecule has 9 nitrogen and oxygen atoms in total. The Morgan fingerprint density at radius 3 is 2.72 bits per heavy atom. The van der Waals surface area contributed by atoms with Crippen LogP contribution in [-0.2, 0) is 31.3 Å². The highest BCUT2D eigenvalue weighted by Gasteiger charge is 2.37. The van der Waals surface area contributed by atoms with Crippen LogP contribution < -0.4 is 4.72 Å². The largest absolute Gasteiger partial charge is 0.381 e. The summed E-state index contributed by atoms with van der Waals surface area (Å²) in [6.07, 6.45) is 8.74. The van der Waals surface area contributed by atoms with Crippen molar-refractivity contribution in [3.05, 3.63) is 30.0 Å². The van der Waals surface area contributed by atoms with Crippen molar-refractivity contribution in [1.29, 1.82) is 0 Å². The number of aryl methyl sites for hydroxylation is 1. The molecule has 5 rings (SSSR count). The molecule has 2 saturated heterocycles. The van der Waals surface area contributed by atoms with Crippen molar-refractivity contribution in [2.24, 2.45) is 18.9 Å². The van der Waals surface area contributed by atoms with E-state index in [1.807, 2.05) is 22.8 Å². The normalized spacial score (nSPS) is 29.6. The third-order valence-corrected chi connectivity index (χ3v) is 8.88. The number of ether oxygens (including phenoxy) is 2. The molecule has 10 heteroatoms. The molecule has 3 fully saturated rings. The van der Waals surface area contributed by atoms with Gasteiger partial charge in [0.05, 0.1) is 43.2 Å². The molecule has 0 bridgehead atoms. The van der Waals surface area contributed by atoms with Crippen molar-refractivity contribution >= 4 is 26.8 Å². The van der Waals surface area contributed by atoms with Crippen molar-refractivity contribution in [3.63, 3.8) is 0 Å². The molecule has 2 aliphatic heterocycles. The molecular formula is C26H38N4O5S. The van der Waals surface area contributed by atoms with Crippen LogP contribution in [0.1, 0.15) is 50.0 Å². The summed E-state index contributed by atoms with van der Waals surface area (Å²) in [7, 11) is -1.38. The van der Waals surface area contributed by atoms with Gasteiger partial charge in [-0.15, -0.1) is 0 Å². The van der Waals surface area contributed by atoms with Gasteiger partial charge in [-0.25, -0.2) is 13.1 Å². The Balaban J connectivity index is 1.17. The molecule has 198 valence electrons. The topological polar surface area (TPSA) is 103 Å². The van der Waals surface area contributed by atoms with Crippen LogP contribution in [0.5, 0.6) is 0 Å². The van der Waals surface area contributed by atoms with Gasteiger partial charge in [-0.05, 0) is 62.1 Å². The highest BCUT2D eigenvalue weighted by atomic mass is 32.2. The van der Waals surface area contributed by atoms with E-state index in [9.17, 15) is 13.2 Å². The molecule has 1 aliphatic carbocycles. The van der Waals surface area contributed by atoms with Crippen LogP contribution in [0.4, 0.5) is 0 Å². The number of carbonyl (C=O) groups is 1. The highest BCUT2D eigenvalue weighted by Crippen LogP contribution is 2.35. The minimum absolute atomic E-state index is 0.0644. The number of sulfonamides is 1. The zero-order valence-electron chi connectivity index (χ0n) is 21.3. The molecular weight excluding hydrogens is 480 g/mol. The van der Waals surface area contributed by atoms with E-state index in [2.05, 4.69) is 28.0 Å². The van der Waals surface area contributed by atoms with Crippen LogP contribution in [0.15, 0.2) is 24.4 Å². The van der Waals surface area contributed by atoms with Gasteiger partial charge in [-0.1, -0.05) is 6.07 Å². The Morgan fingerprint density at radius 1 is 1.19 bits per heavy atom. The number of nitrogens with zero attached hydrogens (tertiary/aromatic N) is 3. The predicted molar refractivity (Wildman–Crippen MR) is 137 cm³/mol. The van der Waals surface area contributed by atoms with E-state index in [0.29, 0.717) is 45.2 Å². The standard InChI is InChI=1S/C26H38N4O5S/c1-29-25-8-5-19(13-21(25)14-27-29)18-3-6-23(7-4-18)35-17-22-15-30(26(31)20-10-12-34-16-20)11-9-24(22)28-36(2,32)33/h5,8,13-14,18,20,22-24,28H,3-4,6-7,9-12,15-17H2,1-2H3/t18?,20?,22-,23?,24?/m0/s1. The summed E-state index contributed by atoms with van der Waals surface area (Å²) in [4.78, 5) is 14.8. The fourth-order valence-electron chi connectivity index (χ4n) is 6.08. The molecule has 2 aromatic rings. The number of aromatic nitrogens is 2. The molecule has 3 atom stereocenters. The summed E-state index contributed by atoms with van der Waals surface area (Å²) in [5.74, 6) is 0.504. The van der Waals surface area contributed by atoms with Gasteiger partial charge in [0.15, 0.2) is 0 Å². The van der Waals surface area contributed by atoms with Crippen LogP contribution in [0, 0.1) is 11.8 Å². The van der Waals surface area contributed by atoms with Crippen molar-refractivity contribution in [1.82, 2.24) is 19.4 Å². The second-order valence-electron chi connectivity index (χ2n) is 10.8. The first-order valence-electron chi connectivity index (χ1n) is 13.1. The lowest BCUT2D eigenvalue weighted by Crippen LogP contribution is -2.54. The maximum Gasteiger partial charge on any atom is 0.228 e. The van der Waals surface area contributed by atoms with E-state index in [1.165, 1.54) is 17.2 Å². The fourth-order valence-corrected chi connectivity index (χ4v) is 6.94. The molecule has 2 unspecified atom stereocenters. The van der Waals surface area contributed by atoms with Crippen molar-refractivity contribution < 1.29 is 22.7 Å². The number of hydrogen-bond donors (Lipinski definition) is 1. The predicted octanol–water partition coefficient (Wildman–Crippen LogP) is 2.42. The Kier molecular flexibility index (Phi) is 7.67. The van der Waals surface area contributed by atoms with E-state index in [1.54, 1.807) is 0 Å². The Labute approximate surface area is 213 Å². The van der Waals surface area contributed by atoms with Gasteiger partial charge in [0, 0.05) is 44.1 Å². The Bertz CT molecular complexity index is 1170. The molecule has 1 N–H and O–H groups in total. The monoisotopic (exact) mass is 518 g/mol. The van der Waals surface area contributed by atoms with Crippen molar-refractivity contribution in [2.75, 3.05) is 39.2 Å². The number of benzene rings is 1. The first-order valence-corrected chi connectivity index (χ1v) is 15.0. The third-order valence-electron chi connectivity index (χ3n) is 8.15. The molecule has 36 heavy (non-hydrogen) atoms. The van der Waals surface area contributed by atoms with E-state index in [0.717, 1.165) is 37.6 Å². The van der Waals surface area contributed by atoms with Gasteiger partial charge in [0.25, 0.3) is 0 Å². The maximum atomic E-state index is 13.0. The molecule has 3 heterocycles. The van der Waals surface area contributed by atoms with Crippen molar-refractivity contribution in [3.8, 4) is 0 Å². The average Bonchev–Trinajstić information content (AvgIpc) is 3.53. The second-order valence-corrected chi connectivity index (χ2v) is 12.6. The summed E-state index contributed by atoms with van der Waals surface area (Å²) in [6.45, 7) is 2.65. The van der Waals surface area contributed by atoms with Gasteiger partial charge in [0.1, 0.15) is 0 Å². The Hall–Kier alpha value is -2.01. The smallest absolute Gasteiger partial charge is 0.228 e. The summed E-state index contributed by atoms with van der Waals surface area (Å²) >= 11 is 0. The molecule has 1 aromatic heterocycles. The number of amides is 1. The number of rotatable bonds is 7. The van der Waals surface area contributed by atoms with Crippen LogP contribution in [0.3, 0.4) is 0 Å². The Morgan fingerprint density at radius 2 is 2.00 bits per heavy atom. The van der Waals surface area contributed by atoms with E-state index in [4.69, 9.17) is 9.47 Å². The first-order chi connectivity index (χ1) is 17.3. The van der Waals surface area contributed by atoms with E-state index in [-0.39, 0.29) is 29.9 Å². The number of piperidine rings is 1. The second kappa shape index (κ2) is 10.8. The molecule has 3 aliphatic rings. The van der Waals surface area contributed by atoms with Crippen LogP contribution >= 0.6 is 0 Å². The number of carbonyl (C=O) groups excluding carboxylic acids is 1. The summed E-state index contributed by atoms with van der Waals surface area (Å²) in [5, 5.41) is 5.53. The molecule has 1 aromatic carbocycles. The first kappa shape index (κ1) is 25.6. The maximum absolute atomic E-state index is 13.0. The number of hydrogen-bond acceptors (Lipinski definition) is 6. The summed E-state index contributed by atoms with van der Waals surface area (Å²) in [5.41, 5.74) is 2.51. The molecule has 1 saturated carbocycles. The third kappa shape index (κ3) is 5.93. The molecule has 0 radical (unpaired) electrons. The van der Waals surface area contributed by atoms with Crippen LogP contribution in [0.25, 0.3) is 10.9 Å². The summed E-state index contributed by atoms with van der Waals surface area (Å²) < 4.78 is 40.4. The summed E-state index contributed by atoms with van der Waals surface area (Å²) in [6, 6.07) is 6.42. The van der Waals surface area contributed by atoms with E-state index >= 15 is 0 Å². The lowest BCUT2D eigenvalue weighted by atomic mass is 9.82. The zero-order valence-corrected chi connectivity index (χ0v) is 22.1. The zero-order chi connectivity index (χ0) is 25.3. The highest BCUT2D eigenvalue weighted by molar-refractivity contribution is 7.88. The average molecular weight is 519 g/mol. The fraction of sp³-hybridized carbons (Fsp3) is 0.692. The number of nitrogens with one attached hydrogen (secondary N) is 1. The molecule has 0 spiro atoms. The quantitative estimate of drug-likeness (QED) is 0.604. The number of likely N-dealkylation sites (tertiary alicyclic amines) is 1. The lowest BCUT2D eigenvalue weighted by Gasteiger charge is -2.40. The molecule has 1 amide bonds. The SMILES string of the molecule is Cn1ncc2cc(C3CCC(OC[C@@H]4CN(C(=O)C5CCOC5)CCC4NS(C)(=O)=O)CC3)ccc21. The van der Waals surface area contributed by atoms with Crippen molar-refractivity contribution in [2.45, 2.75) is 56.6 Å².